The Morgan fingerprint density at radius 2 is 1.86 bits per heavy atom. The van der Waals surface area contributed by atoms with Gasteiger partial charge in [0.2, 0.25) is 0 Å². The molecule has 1 saturated carbocycles. The molecule has 2 heterocycles. The zero-order chi connectivity index (χ0) is 25.2. The van der Waals surface area contributed by atoms with Crippen LogP contribution in [-0.2, 0) is 13.1 Å². The van der Waals surface area contributed by atoms with E-state index in [1.165, 1.54) is 25.0 Å². The van der Waals surface area contributed by atoms with Crippen LogP contribution in [0, 0.1) is 18.7 Å². The molecule has 0 bridgehead atoms. The summed E-state index contributed by atoms with van der Waals surface area (Å²) in [6.45, 7) is 7.40. The molecular weight excluding hydrogens is 455 g/mol. The second kappa shape index (κ2) is 10.3. The van der Waals surface area contributed by atoms with Crippen molar-refractivity contribution in [3.05, 3.63) is 87.2 Å². The predicted octanol–water partition coefficient (Wildman–Crippen LogP) is 5.15. The van der Waals surface area contributed by atoms with Crippen molar-refractivity contribution in [2.24, 2.45) is 5.92 Å². The van der Waals surface area contributed by atoms with Crippen LogP contribution in [0.25, 0.3) is 10.9 Å². The average Bonchev–Trinajstić information content (AvgIpc) is 3.53. The lowest BCUT2D eigenvalue weighted by atomic mass is 9.97. The normalized spacial score (nSPS) is 15.4. The number of hydrogen-bond donors (Lipinski definition) is 1. The predicted molar refractivity (Wildman–Crippen MR) is 138 cm³/mol. The van der Waals surface area contributed by atoms with Crippen molar-refractivity contribution >= 4 is 10.9 Å². The summed E-state index contributed by atoms with van der Waals surface area (Å²) in [5, 5.41) is 13.8. The first kappa shape index (κ1) is 24.3. The number of benzene rings is 2. The lowest BCUT2D eigenvalue weighted by Crippen LogP contribution is -2.41. The summed E-state index contributed by atoms with van der Waals surface area (Å²) in [5.74, 6) is 0.721. The molecule has 0 saturated heterocycles. The van der Waals surface area contributed by atoms with E-state index in [2.05, 4.69) is 52.2 Å². The SMILES string of the molecule is Cc1ccc2[nH]c(=O)c(CN(C3CCCC3)C(c3nnnn3Cc3ccc(F)cc3)C(C)C)cc2c1. The number of aromatic nitrogens is 5. The zero-order valence-electron chi connectivity index (χ0n) is 21.1. The van der Waals surface area contributed by atoms with Crippen LogP contribution in [0.15, 0.2) is 53.3 Å². The number of H-pyrrole nitrogens is 1. The maximum atomic E-state index is 13.4. The van der Waals surface area contributed by atoms with Crippen LogP contribution >= 0.6 is 0 Å². The van der Waals surface area contributed by atoms with Crippen molar-refractivity contribution in [3.63, 3.8) is 0 Å². The quantitative estimate of drug-likeness (QED) is 0.371. The van der Waals surface area contributed by atoms with Crippen molar-refractivity contribution < 1.29 is 4.39 Å². The van der Waals surface area contributed by atoms with Crippen molar-refractivity contribution in [2.45, 2.75) is 71.6 Å². The molecule has 1 N–H and O–H groups in total. The fourth-order valence-electron chi connectivity index (χ4n) is 5.50. The van der Waals surface area contributed by atoms with E-state index < -0.39 is 0 Å². The number of hydrogen-bond acceptors (Lipinski definition) is 5. The van der Waals surface area contributed by atoms with E-state index in [0.717, 1.165) is 46.3 Å². The van der Waals surface area contributed by atoms with Crippen LogP contribution in [0.3, 0.4) is 0 Å². The van der Waals surface area contributed by atoms with Crippen LogP contribution < -0.4 is 5.56 Å². The summed E-state index contributed by atoms with van der Waals surface area (Å²) in [4.78, 5) is 18.6. The van der Waals surface area contributed by atoms with Gasteiger partial charge in [0.1, 0.15) is 5.82 Å². The highest BCUT2D eigenvalue weighted by Gasteiger charge is 2.35. The van der Waals surface area contributed by atoms with Gasteiger partial charge in [0.15, 0.2) is 5.82 Å². The molecule has 1 fully saturated rings. The van der Waals surface area contributed by atoms with Gasteiger partial charge in [-0.2, -0.15) is 0 Å². The summed E-state index contributed by atoms with van der Waals surface area (Å²) < 4.78 is 15.2. The van der Waals surface area contributed by atoms with E-state index in [4.69, 9.17) is 0 Å². The molecule has 1 atom stereocenters. The maximum Gasteiger partial charge on any atom is 0.252 e. The first-order chi connectivity index (χ1) is 17.4. The van der Waals surface area contributed by atoms with Gasteiger partial charge in [-0.25, -0.2) is 9.07 Å². The van der Waals surface area contributed by atoms with Crippen LogP contribution in [0.5, 0.6) is 0 Å². The largest absolute Gasteiger partial charge is 0.322 e. The minimum absolute atomic E-state index is 0.0530. The minimum atomic E-state index is -0.265. The lowest BCUT2D eigenvalue weighted by Gasteiger charge is -2.38. The van der Waals surface area contributed by atoms with Gasteiger partial charge in [-0.3, -0.25) is 9.69 Å². The average molecular weight is 489 g/mol. The fourth-order valence-corrected chi connectivity index (χ4v) is 5.50. The van der Waals surface area contributed by atoms with Gasteiger partial charge >= 0.3 is 0 Å². The Labute approximate surface area is 210 Å². The summed E-state index contributed by atoms with van der Waals surface area (Å²) in [6, 6.07) is 14.8. The molecule has 0 radical (unpaired) electrons. The number of tetrazole rings is 1. The summed E-state index contributed by atoms with van der Waals surface area (Å²) in [7, 11) is 0. The van der Waals surface area contributed by atoms with Gasteiger partial charge in [-0.15, -0.1) is 5.10 Å². The highest BCUT2D eigenvalue weighted by Crippen LogP contribution is 2.36. The highest BCUT2D eigenvalue weighted by molar-refractivity contribution is 5.79. The van der Waals surface area contributed by atoms with Gasteiger partial charge in [-0.05, 0) is 77.4 Å². The van der Waals surface area contributed by atoms with Gasteiger partial charge in [0.05, 0.1) is 12.6 Å². The smallest absolute Gasteiger partial charge is 0.252 e. The van der Waals surface area contributed by atoms with Crippen molar-refractivity contribution in [1.82, 2.24) is 30.1 Å². The Hall–Kier alpha value is -3.39. The topological polar surface area (TPSA) is 79.7 Å². The number of nitrogens with zero attached hydrogens (tertiary/aromatic N) is 5. The number of rotatable bonds is 8. The van der Waals surface area contributed by atoms with Crippen LogP contribution in [-0.4, -0.2) is 36.1 Å². The van der Waals surface area contributed by atoms with Crippen molar-refractivity contribution in [3.8, 4) is 0 Å². The van der Waals surface area contributed by atoms with E-state index >= 15 is 0 Å². The number of pyridine rings is 1. The third-order valence-corrected chi connectivity index (χ3v) is 7.28. The first-order valence-corrected chi connectivity index (χ1v) is 12.8. The molecule has 1 unspecified atom stereocenters. The van der Waals surface area contributed by atoms with Crippen molar-refractivity contribution in [1.29, 1.82) is 0 Å². The van der Waals surface area contributed by atoms with Gasteiger partial charge < -0.3 is 4.98 Å². The third kappa shape index (κ3) is 5.09. The molecule has 188 valence electrons. The monoisotopic (exact) mass is 488 g/mol. The molecule has 4 aromatic rings. The number of halogens is 1. The van der Waals surface area contributed by atoms with E-state index in [-0.39, 0.29) is 23.3 Å². The van der Waals surface area contributed by atoms with E-state index in [1.807, 2.05) is 22.9 Å². The lowest BCUT2D eigenvalue weighted by molar-refractivity contribution is 0.0844. The second-order valence-electron chi connectivity index (χ2n) is 10.3. The molecule has 8 heteroatoms. The molecule has 0 spiro atoms. The molecule has 7 nitrogen and oxygen atoms in total. The van der Waals surface area contributed by atoms with Crippen LogP contribution in [0.1, 0.15) is 68.1 Å². The molecule has 2 aromatic heterocycles. The Morgan fingerprint density at radius 3 is 2.58 bits per heavy atom. The fraction of sp³-hybridized carbons (Fsp3) is 0.429. The number of aromatic amines is 1. The van der Waals surface area contributed by atoms with E-state index in [1.54, 1.807) is 12.1 Å². The molecule has 1 aliphatic rings. The molecule has 5 rings (SSSR count). The Kier molecular flexibility index (Phi) is 6.96. The molecule has 36 heavy (non-hydrogen) atoms. The van der Waals surface area contributed by atoms with Crippen molar-refractivity contribution in [2.75, 3.05) is 0 Å². The molecule has 2 aromatic carbocycles. The summed E-state index contributed by atoms with van der Waals surface area (Å²) in [5.41, 5.74) is 3.64. The number of aryl methyl sites for hydroxylation is 1. The zero-order valence-corrected chi connectivity index (χ0v) is 21.1. The molecular formula is C28H33FN6O. The van der Waals surface area contributed by atoms with Crippen LogP contribution in [0.4, 0.5) is 4.39 Å². The van der Waals surface area contributed by atoms with Gasteiger partial charge in [0.25, 0.3) is 5.56 Å². The number of fused-ring (bicyclic) bond motifs is 1. The minimum Gasteiger partial charge on any atom is -0.322 e. The number of nitrogens with one attached hydrogen (secondary N) is 1. The molecule has 1 aliphatic carbocycles. The van der Waals surface area contributed by atoms with E-state index in [0.29, 0.717) is 19.1 Å². The third-order valence-electron chi connectivity index (χ3n) is 7.28. The maximum absolute atomic E-state index is 13.4. The molecule has 0 amide bonds. The van der Waals surface area contributed by atoms with Gasteiger partial charge in [-0.1, -0.05) is 50.5 Å². The Morgan fingerprint density at radius 1 is 1.11 bits per heavy atom. The van der Waals surface area contributed by atoms with E-state index in [9.17, 15) is 9.18 Å². The summed E-state index contributed by atoms with van der Waals surface area (Å²) >= 11 is 0. The Balaban J connectivity index is 1.52. The van der Waals surface area contributed by atoms with Gasteiger partial charge in [0, 0.05) is 23.7 Å². The Bertz CT molecular complexity index is 1390. The van der Waals surface area contributed by atoms with Crippen LogP contribution in [0.2, 0.25) is 0 Å². The second-order valence-corrected chi connectivity index (χ2v) is 10.3. The molecule has 0 aliphatic heterocycles. The highest BCUT2D eigenvalue weighted by atomic mass is 19.1. The standard InChI is InChI=1S/C28H33FN6O/c1-18(2)26(27-31-32-33-35(27)16-20-9-11-23(29)12-10-20)34(24-6-4-5-7-24)17-22-15-21-14-19(3)8-13-25(21)30-28(22)36/h8-15,18,24,26H,4-7,16-17H2,1-3H3,(H,30,36). The summed E-state index contributed by atoms with van der Waals surface area (Å²) in [6.07, 6.45) is 4.54. The first-order valence-electron chi connectivity index (χ1n) is 12.8.